The second-order valence-electron chi connectivity index (χ2n) is 28.0. The number of hydrogen-bond donors (Lipinski definition) is 14. The summed E-state index contributed by atoms with van der Waals surface area (Å²) < 4.78 is 98.4. The Bertz CT molecular complexity index is 2880. The predicted molar refractivity (Wildman–Crippen MR) is 352 cm³/mol. The maximum atomic E-state index is 13.9. The molecule has 31 nitrogen and oxygen atoms in total. The van der Waals surface area contributed by atoms with E-state index in [0.717, 1.165) is 6.08 Å². The molecule has 29 unspecified atom stereocenters. The largest absolute Gasteiger partial charge is 0.481 e. The highest BCUT2D eigenvalue weighted by Crippen LogP contribution is 2.42. The number of aliphatic hydroxyl groups excluding tert-OH is 10. The molecule has 0 amide bonds. The molecule has 574 valence electrons. The van der Waals surface area contributed by atoms with Gasteiger partial charge < -0.3 is 114 Å². The number of benzene rings is 1. The molecule has 0 aromatic heterocycles. The summed E-state index contributed by atoms with van der Waals surface area (Å²) in [6.07, 6.45) is -25.8. The zero-order valence-electron chi connectivity index (χ0n) is 58.7. The van der Waals surface area contributed by atoms with Gasteiger partial charge >= 0.3 is 34.3 Å². The first kappa shape index (κ1) is 84.6. The number of rotatable bonds is 20. The number of hydrogen-bond acceptors (Lipinski definition) is 29. The van der Waals surface area contributed by atoms with E-state index in [-0.39, 0.29) is 56.9 Å². The topological polar surface area (TPSA) is 482 Å². The Morgan fingerprint density at radius 3 is 2.06 bits per heavy atom. The van der Waals surface area contributed by atoms with Crippen molar-refractivity contribution in [3.8, 4) is 5.75 Å². The van der Waals surface area contributed by atoms with Crippen molar-refractivity contribution in [3.05, 3.63) is 35.9 Å². The third kappa shape index (κ3) is 24.1. The van der Waals surface area contributed by atoms with Crippen molar-refractivity contribution in [2.75, 3.05) is 19.5 Å². The number of carbonyl (C=O) groups is 4. The van der Waals surface area contributed by atoms with Gasteiger partial charge in [0.1, 0.15) is 61.0 Å². The van der Waals surface area contributed by atoms with Gasteiger partial charge in [-0.25, -0.2) is 13.8 Å². The molecule has 0 saturated carbocycles. The molecule has 100 heavy (non-hydrogen) atoms. The Hall–Kier alpha value is -4.37. The van der Waals surface area contributed by atoms with Gasteiger partial charge in [0.2, 0.25) is 5.79 Å². The minimum atomic E-state index is -5.37. The van der Waals surface area contributed by atoms with Crippen molar-refractivity contribution in [1.29, 1.82) is 0 Å². The Kier molecular flexibility index (Phi) is 32.6. The summed E-state index contributed by atoms with van der Waals surface area (Å²) in [5.74, 6) is -11.4. The van der Waals surface area contributed by atoms with Crippen LogP contribution in [0, 0.1) is 29.6 Å². The standard InChI is InChI=1S/C68H111NO30S/c1-11-49(93-57-31-51(63(89-10)39(8)91-57)95-67(84)40-22-23-46(69-9)50(26-40)94-56-25-24-47(73)38(7)90-56)34(3)59(80)35(4)60(81)36(5)61-37(6)62-64(97-62)48(74)20-14-18-43(72)28-44(92-55(78)32-53(75)76)29-45-30-52(99-100(86,87)88)65(82)68(85,98-45)66(83)58(79)33(2)16-12-13-17-41(70)27-42(71)19-15-21-54(77)96-61/h15,21-23,26,33-39,41-45,47-49,51-52,56-66,69-74,79-83,85H,11-14,16-20,24-25,27-32H2,1-10H3,(H,75,76)(H,86,87,88). The summed E-state index contributed by atoms with van der Waals surface area (Å²) in [4.78, 5) is 52.0. The summed E-state index contributed by atoms with van der Waals surface area (Å²) in [5, 5.41) is 137. The van der Waals surface area contributed by atoms with Crippen LogP contribution in [0.3, 0.4) is 0 Å². The first-order chi connectivity index (χ1) is 47.0. The van der Waals surface area contributed by atoms with E-state index >= 15 is 0 Å². The van der Waals surface area contributed by atoms with Crippen LogP contribution in [0.4, 0.5) is 5.69 Å². The molecule has 5 heterocycles. The fourth-order valence-electron chi connectivity index (χ4n) is 14.2. The SMILES string of the molecule is CCC(OC1CC(OC(=O)c2ccc(NC)c(OC3CCC(O)C(C)O3)c2)C(OC)C(C)O1)C(C)C(O)C(C)C(O)C(C)C1OC(=O)C=CCC(O)CC(O)CCCCC(C)C(O)C(O)C2(O)OC(CC(OC(=O)CC(=O)O)CC(O)CCCC(O)C3OC3C1C)CC(OS(=O)(=O)O)C2O. The molecule has 5 aliphatic heterocycles. The maximum Gasteiger partial charge on any atom is 0.397 e. The quantitative estimate of drug-likeness (QED) is 0.0293. The van der Waals surface area contributed by atoms with Gasteiger partial charge in [-0.3, -0.25) is 14.1 Å². The number of esters is 3. The van der Waals surface area contributed by atoms with Crippen molar-refractivity contribution in [2.45, 2.75) is 311 Å². The number of aliphatic carboxylic acids is 1. The third-order valence-corrected chi connectivity index (χ3v) is 20.8. The van der Waals surface area contributed by atoms with E-state index in [4.69, 9.17) is 47.4 Å². The highest BCUT2D eigenvalue weighted by atomic mass is 32.3. The number of carboxylic acid groups (broad SMARTS) is 1. The fourth-order valence-corrected chi connectivity index (χ4v) is 14.7. The number of anilines is 1. The first-order valence-electron chi connectivity index (χ1n) is 35.0. The number of nitrogens with one attached hydrogen (secondary N) is 1. The summed E-state index contributed by atoms with van der Waals surface area (Å²) in [6.45, 7) is 13.6. The highest BCUT2D eigenvalue weighted by Gasteiger charge is 2.58. The zero-order valence-corrected chi connectivity index (χ0v) is 59.6. The molecule has 0 aliphatic carbocycles. The van der Waals surface area contributed by atoms with E-state index in [0.29, 0.717) is 43.5 Å². The molecule has 14 N–H and O–H groups in total. The average Bonchev–Trinajstić information content (AvgIpc) is 1.08. The lowest BCUT2D eigenvalue weighted by Gasteiger charge is -2.48. The van der Waals surface area contributed by atoms with Gasteiger partial charge in [0.15, 0.2) is 12.6 Å². The Balaban J connectivity index is 1.16. The molecule has 5 aliphatic rings. The minimum Gasteiger partial charge on any atom is -0.481 e. The average molecular weight is 1450 g/mol. The van der Waals surface area contributed by atoms with Gasteiger partial charge in [0.25, 0.3) is 0 Å². The summed E-state index contributed by atoms with van der Waals surface area (Å²) in [6, 6.07) is 4.81. The van der Waals surface area contributed by atoms with E-state index in [1.54, 1.807) is 66.8 Å². The third-order valence-electron chi connectivity index (χ3n) is 20.3. The molecule has 0 spiro atoms. The van der Waals surface area contributed by atoms with E-state index < -0.39 is 236 Å². The van der Waals surface area contributed by atoms with Crippen LogP contribution in [0.25, 0.3) is 0 Å². The van der Waals surface area contributed by atoms with Crippen LogP contribution in [0.5, 0.6) is 5.75 Å². The molecule has 4 saturated heterocycles. The monoisotopic (exact) mass is 1450 g/mol. The molecule has 0 radical (unpaired) electrons. The van der Waals surface area contributed by atoms with Crippen LogP contribution in [-0.4, -0.2) is 259 Å². The number of carboxylic acids is 1. The van der Waals surface area contributed by atoms with Crippen LogP contribution < -0.4 is 10.1 Å². The van der Waals surface area contributed by atoms with Gasteiger partial charge in [0, 0.05) is 76.0 Å². The minimum absolute atomic E-state index is 0.00131. The lowest BCUT2D eigenvalue weighted by molar-refractivity contribution is -0.364. The van der Waals surface area contributed by atoms with Crippen LogP contribution in [-0.2, 0) is 71.6 Å². The number of epoxide rings is 1. The van der Waals surface area contributed by atoms with Gasteiger partial charge in [-0.2, -0.15) is 8.42 Å². The van der Waals surface area contributed by atoms with Crippen LogP contribution in [0.15, 0.2) is 30.4 Å². The van der Waals surface area contributed by atoms with Crippen molar-refractivity contribution in [2.24, 2.45) is 29.6 Å². The normalized spacial score (nSPS) is 37.8. The van der Waals surface area contributed by atoms with E-state index in [9.17, 15) is 93.4 Å². The highest BCUT2D eigenvalue weighted by molar-refractivity contribution is 7.80. The number of carbonyl (C=O) groups excluding carboxylic acids is 3. The summed E-state index contributed by atoms with van der Waals surface area (Å²) in [5.41, 5.74) is 0.776. The van der Waals surface area contributed by atoms with Crippen molar-refractivity contribution in [1.82, 2.24) is 0 Å². The van der Waals surface area contributed by atoms with Crippen LogP contribution >= 0.6 is 0 Å². The van der Waals surface area contributed by atoms with Gasteiger partial charge in [0.05, 0.1) is 90.6 Å². The van der Waals surface area contributed by atoms with Gasteiger partial charge in [-0.15, -0.1) is 0 Å². The molecule has 6 rings (SSSR count). The second-order valence-corrected chi connectivity index (χ2v) is 29.1. The first-order valence-corrected chi connectivity index (χ1v) is 36.3. The summed E-state index contributed by atoms with van der Waals surface area (Å²) in [7, 11) is -2.19. The Morgan fingerprint density at radius 1 is 0.740 bits per heavy atom. The zero-order chi connectivity index (χ0) is 74.2. The number of methoxy groups -OCH3 is 1. The smallest absolute Gasteiger partial charge is 0.397 e. The molecule has 4 fully saturated rings. The summed E-state index contributed by atoms with van der Waals surface area (Å²) >= 11 is 0. The lowest BCUT2D eigenvalue weighted by atomic mass is 9.77. The predicted octanol–water partition coefficient (Wildman–Crippen LogP) is 2.48. The molecular weight excluding hydrogens is 1340 g/mol. The number of fused-ring (bicyclic) bond motifs is 3. The van der Waals surface area contributed by atoms with E-state index in [1.165, 1.54) is 20.1 Å². The van der Waals surface area contributed by atoms with Gasteiger partial charge in [-0.1, -0.05) is 60.5 Å². The second kappa shape index (κ2) is 38.6. The van der Waals surface area contributed by atoms with Crippen LogP contribution in [0.2, 0.25) is 0 Å². The molecule has 29 atom stereocenters. The lowest BCUT2D eigenvalue weighted by Crippen LogP contribution is -2.67. The Morgan fingerprint density at radius 2 is 1.41 bits per heavy atom. The maximum absolute atomic E-state index is 13.9. The Labute approximate surface area is 584 Å². The van der Waals surface area contributed by atoms with Crippen LogP contribution in [0.1, 0.15) is 175 Å². The fraction of sp³-hybridized carbons (Fsp3) is 0.824. The van der Waals surface area contributed by atoms with Crippen molar-refractivity contribution in [3.63, 3.8) is 0 Å². The number of aliphatic hydroxyl groups is 11. The number of ether oxygens (including phenoxy) is 10. The molecule has 1 aromatic rings. The van der Waals surface area contributed by atoms with Gasteiger partial charge in [-0.05, 0) is 95.8 Å². The molecule has 32 heteroatoms. The molecule has 2 bridgehead atoms. The van der Waals surface area contributed by atoms with Crippen molar-refractivity contribution >= 4 is 40.0 Å². The number of cyclic esters (lactones) is 1. The van der Waals surface area contributed by atoms with E-state index in [2.05, 4.69) is 9.50 Å². The van der Waals surface area contributed by atoms with Crippen molar-refractivity contribution < 1.29 is 145 Å². The van der Waals surface area contributed by atoms with E-state index in [1.807, 2.05) is 6.92 Å². The molecule has 1 aromatic carbocycles. The molecular formula is C68H111NO30S.